The summed E-state index contributed by atoms with van der Waals surface area (Å²) in [6, 6.07) is 8.42. The molecule has 0 aliphatic carbocycles. The van der Waals surface area contributed by atoms with E-state index in [9.17, 15) is 27.5 Å². The maximum Gasteiger partial charge on any atom is 0.410 e. The number of nitrogens with one attached hydrogen (secondary N) is 1. The number of carbonyl (C=O) groups excluding carboxylic acids is 1. The van der Waals surface area contributed by atoms with E-state index in [0.29, 0.717) is 38.2 Å². The summed E-state index contributed by atoms with van der Waals surface area (Å²) in [5, 5.41) is 13.5. The maximum absolute atomic E-state index is 12.8. The minimum absolute atomic E-state index is 0.0741. The van der Waals surface area contributed by atoms with Crippen LogP contribution in [-0.4, -0.2) is 57.3 Å². The maximum atomic E-state index is 12.8. The van der Waals surface area contributed by atoms with E-state index < -0.39 is 28.0 Å². The van der Waals surface area contributed by atoms with Crippen molar-refractivity contribution in [3.8, 4) is 0 Å². The number of nitrogens with zero attached hydrogens (tertiary/aromatic N) is 3. The van der Waals surface area contributed by atoms with Crippen molar-refractivity contribution >= 4 is 16.2 Å². The lowest BCUT2D eigenvalue weighted by Crippen LogP contribution is -2.41. The van der Waals surface area contributed by atoms with Gasteiger partial charge in [-0.15, -0.1) is 0 Å². The molecular weight excluding hydrogens is 591 g/mol. The van der Waals surface area contributed by atoms with Gasteiger partial charge in [0.25, 0.3) is 15.7 Å². The molecule has 13 heteroatoms. The van der Waals surface area contributed by atoms with Gasteiger partial charge < -0.3 is 9.84 Å². The number of aliphatic hydroxyl groups is 1. The summed E-state index contributed by atoms with van der Waals surface area (Å²) in [5.41, 5.74) is -0.549. The minimum Gasteiger partial charge on any atom is -0.444 e. The number of aromatic nitrogens is 2. The molecule has 1 aromatic carbocycles. The largest absolute Gasteiger partial charge is 0.444 e. The Bertz CT molecular complexity index is 1370. The molecule has 0 saturated heterocycles. The van der Waals surface area contributed by atoms with Gasteiger partial charge in [0.1, 0.15) is 17.7 Å². The molecule has 0 saturated carbocycles. The number of hydrogen-bond acceptors (Lipinski definition) is 8. The van der Waals surface area contributed by atoms with Crippen LogP contribution in [0, 0.1) is 0 Å². The average molecular weight is 639 g/mol. The summed E-state index contributed by atoms with van der Waals surface area (Å²) in [6.07, 6.45) is 7.46. The Kier molecular flexibility index (Phi) is 16.8. The fourth-order valence-corrected chi connectivity index (χ4v) is 4.66. The molecule has 246 valence electrons. The first-order chi connectivity index (χ1) is 20.7. The zero-order valence-electron chi connectivity index (χ0n) is 26.4. The van der Waals surface area contributed by atoms with E-state index >= 15 is 0 Å². The standard InChI is InChI=1S/C22H36N4O4.C6H6O3S.C3H5F/c1-6-8-10-13-23-20(28)16-15-18(27)26-14-11-9-12-17(19(26)24-16)25(7-2)21(29)30-22(3,4)5;7-10(8,9)6-4-2-1-3-5-6;1-2-3-4/h6,8,15,17,20,23,28H,7,9-14H2,1-5H3;1-5H,(H,7,8,9);2-3H,1H3/b8-6-;;3-2+. The van der Waals surface area contributed by atoms with Crippen LogP contribution in [0.4, 0.5) is 9.18 Å². The third-order valence-electron chi connectivity index (χ3n) is 6.14. The summed E-state index contributed by atoms with van der Waals surface area (Å²) >= 11 is 0. The lowest BCUT2D eigenvalue weighted by molar-refractivity contribution is 0.0150. The summed E-state index contributed by atoms with van der Waals surface area (Å²) in [7, 11) is -4.00. The van der Waals surface area contributed by atoms with Crippen LogP contribution in [0.3, 0.4) is 0 Å². The molecule has 2 heterocycles. The van der Waals surface area contributed by atoms with E-state index in [-0.39, 0.29) is 22.2 Å². The van der Waals surface area contributed by atoms with Crippen molar-refractivity contribution < 1.29 is 32.0 Å². The number of rotatable bonds is 8. The summed E-state index contributed by atoms with van der Waals surface area (Å²) in [6.45, 7) is 12.5. The molecule has 3 rings (SSSR count). The molecule has 1 amide bonds. The van der Waals surface area contributed by atoms with Crippen molar-refractivity contribution in [2.45, 2.75) is 96.5 Å². The van der Waals surface area contributed by atoms with Crippen LogP contribution < -0.4 is 10.9 Å². The Morgan fingerprint density at radius 1 is 1.23 bits per heavy atom. The second-order valence-electron chi connectivity index (χ2n) is 10.8. The lowest BCUT2D eigenvalue weighted by atomic mass is 10.1. The summed E-state index contributed by atoms with van der Waals surface area (Å²) in [4.78, 5) is 31.9. The van der Waals surface area contributed by atoms with Gasteiger partial charge in [0.15, 0.2) is 0 Å². The van der Waals surface area contributed by atoms with E-state index in [1.807, 2.05) is 46.8 Å². The molecule has 2 unspecified atom stereocenters. The quantitative estimate of drug-likeness (QED) is 0.143. The fourth-order valence-electron chi connectivity index (χ4n) is 4.16. The van der Waals surface area contributed by atoms with Gasteiger partial charge in [-0.2, -0.15) is 8.42 Å². The first kappa shape index (κ1) is 38.6. The van der Waals surface area contributed by atoms with Gasteiger partial charge in [-0.25, -0.2) is 14.2 Å². The third-order valence-corrected chi connectivity index (χ3v) is 7.01. The Morgan fingerprint density at radius 2 is 1.86 bits per heavy atom. The molecular formula is C31H47FN4O7S. The predicted molar refractivity (Wildman–Crippen MR) is 168 cm³/mol. The number of allylic oxidation sites excluding steroid dienone is 2. The molecule has 0 fully saturated rings. The average Bonchev–Trinajstić information content (AvgIpc) is 3.18. The minimum atomic E-state index is -4.00. The Morgan fingerprint density at radius 3 is 2.36 bits per heavy atom. The molecule has 2 aromatic rings. The predicted octanol–water partition coefficient (Wildman–Crippen LogP) is 5.69. The molecule has 11 nitrogen and oxygen atoms in total. The van der Waals surface area contributed by atoms with E-state index in [1.54, 1.807) is 34.6 Å². The number of carbonyl (C=O) groups is 1. The molecule has 0 radical (unpaired) electrons. The summed E-state index contributed by atoms with van der Waals surface area (Å²) in [5.74, 6) is 0.511. The van der Waals surface area contributed by atoms with Crippen LogP contribution >= 0.6 is 0 Å². The van der Waals surface area contributed by atoms with E-state index in [0.717, 1.165) is 19.3 Å². The highest BCUT2D eigenvalue weighted by Crippen LogP contribution is 2.29. The number of fused-ring (bicyclic) bond motifs is 1. The van der Waals surface area contributed by atoms with Crippen molar-refractivity contribution in [2.75, 3.05) is 13.1 Å². The Hall–Kier alpha value is -3.39. The molecule has 1 aliphatic rings. The zero-order chi connectivity index (χ0) is 33.3. The third kappa shape index (κ3) is 13.5. The van der Waals surface area contributed by atoms with Crippen LogP contribution in [-0.2, 0) is 21.4 Å². The van der Waals surface area contributed by atoms with Gasteiger partial charge in [-0.05, 0) is 79.4 Å². The van der Waals surface area contributed by atoms with Gasteiger partial charge in [0.2, 0.25) is 0 Å². The summed E-state index contributed by atoms with van der Waals surface area (Å²) < 4.78 is 47.0. The number of benzene rings is 1. The monoisotopic (exact) mass is 638 g/mol. The molecule has 1 aromatic heterocycles. The molecule has 44 heavy (non-hydrogen) atoms. The van der Waals surface area contributed by atoms with Crippen molar-refractivity contribution in [2.24, 2.45) is 0 Å². The van der Waals surface area contributed by atoms with Crippen LogP contribution in [0.5, 0.6) is 0 Å². The van der Waals surface area contributed by atoms with Crippen LogP contribution in [0.2, 0.25) is 0 Å². The van der Waals surface area contributed by atoms with Crippen molar-refractivity contribution in [1.82, 2.24) is 19.8 Å². The molecule has 3 N–H and O–H groups in total. The van der Waals surface area contributed by atoms with Crippen molar-refractivity contribution in [1.29, 1.82) is 0 Å². The van der Waals surface area contributed by atoms with Crippen molar-refractivity contribution in [3.63, 3.8) is 0 Å². The SMILES string of the molecule is C/C=C/F.C/C=C\CCNC(O)c1cc(=O)n2c(n1)C(N(CC)C(=O)OC(C)(C)C)CCCC2.O=S(=O)(O)c1ccccc1. The number of ether oxygens (including phenoxy) is 1. The zero-order valence-corrected chi connectivity index (χ0v) is 27.3. The highest BCUT2D eigenvalue weighted by molar-refractivity contribution is 7.85. The van der Waals surface area contributed by atoms with Gasteiger partial charge >= 0.3 is 6.09 Å². The van der Waals surface area contributed by atoms with Crippen LogP contribution in [0.25, 0.3) is 0 Å². The number of halogens is 1. The first-order valence-electron chi connectivity index (χ1n) is 14.6. The Labute approximate surface area is 260 Å². The second kappa shape index (κ2) is 19.1. The van der Waals surface area contributed by atoms with E-state index in [4.69, 9.17) is 9.29 Å². The fraction of sp³-hybridized carbons (Fsp3) is 0.516. The molecule has 0 spiro atoms. The number of amides is 1. The van der Waals surface area contributed by atoms with Gasteiger partial charge in [0, 0.05) is 25.7 Å². The van der Waals surface area contributed by atoms with Crippen molar-refractivity contribution in [3.05, 3.63) is 82.8 Å². The van der Waals surface area contributed by atoms with Crippen LogP contribution in [0.15, 0.2) is 70.6 Å². The molecule has 0 bridgehead atoms. The first-order valence-corrected chi connectivity index (χ1v) is 16.0. The smallest absolute Gasteiger partial charge is 0.410 e. The second-order valence-corrected chi connectivity index (χ2v) is 12.2. The van der Waals surface area contributed by atoms with Crippen LogP contribution in [0.1, 0.15) is 91.0 Å². The van der Waals surface area contributed by atoms with E-state index in [2.05, 4.69) is 10.3 Å². The normalized spacial score (nSPS) is 15.7. The van der Waals surface area contributed by atoms with Gasteiger partial charge in [-0.3, -0.25) is 24.1 Å². The van der Waals surface area contributed by atoms with Gasteiger partial charge in [-0.1, -0.05) is 36.4 Å². The highest BCUT2D eigenvalue weighted by atomic mass is 32.2. The van der Waals surface area contributed by atoms with Gasteiger partial charge in [0.05, 0.1) is 23.0 Å². The lowest BCUT2D eigenvalue weighted by Gasteiger charge is -2.32. The van der Waals surface area contributed by atoms with E-state index in [1.165, 1.54) is 24.3 Å². The molecule has 1 aliphatic heterocycles. The number of hydrogen-bond donors (Lipinski definition) is 3. The molecule has 2 atom stereocenters. The Balaban J connectivity index is 0.000000568. The highest BCUT2D eigenvalue weighted by Gasteiger charge is 2.33. The number of aliphatic hydroxyl groups excluding tert-OH is 1. The topological polar surface area (TPSA) is 151 Å².